The van der Waals surface area contributed by atoms with Gasteiger partial charge in [-0.3, -0.25) is 4.79 Å². The average molecular weight is 326 g/mol. The van der Waals surface area contributed by atoms with Crippen LogP contribution in [-0.2, 0) is 4.79 Å². The summed E-state index contributed by atoms with van der Waals surface area (Å²) in [6.07, 6.45) is 0. The van der Waals surface area contributed by atoms with E-state index in [2.05, 4.69) is 51.3 Å². The summed E-state index contributed by atoms with van der Waals surface area (Å²) < 4.78 is 1.08. The van der Waals surface area contributed by atoms with Crippen LogP contribution in [0.4, 0.5) is 5.69 Å². The molecular formula is C14H20BrN3O. The lowest BCUT2D eigenvalue weighted by atomic mass is 10.1. The van der Waals surface area contributed by atoms with E-state index in [1.165, 1.54) is 5.56 Å². The van der Waals surface area contributed by atoms with Crippen molar-refractivity contribution in [1.82, 2.24) is 10.2 Å². The Labute approximate surface area is 122 Å². The number of piperazine rings is 1. The Hall–Kier alpha value is -1.07. The molecular weight excluding hydrogens is 306 g/mol. The quantitative estimate of drug-likeness (QED) is 0.917. The van der Waals surface area contributed by atoms with Gasteiger partial charge in [-0.05, 0) is 31.7 Å². The fraction of sp³-hybridized carbons (Fsp3) is 0.500. The van der Waals surface area contributed by atoms with Gasteiger partial charge in [0, 0.05) is 36.8 Å². The minimum absolute atomic E-state index is 0.127. The maximum atomic E-state index is 12.3. The van der Waals surface area contributed by atoms with E-state index in [4.69, 9.17) is 0 Å². The average Bonchev–Trinajstić information content (AvgIpc) is 2.39. The Morgan fingerprint density at radius 1 is 1.42 bits per heavy atom. The standard InChI is InChI=1S/C14H20BrN3O/c1-10-4-5-11(8-12(10)15)18-7-6-17(3)14(19)13(18)9-16-2/h4-5,8,13,16H,6-7,9H2,1-3H3. The maximum absolute atomic E-state index is 12.3. The Morgan fingerprint density at radius 3 is 2.79 bits per heavy atom. The molecule has 1 unspecified atom stereocenters. The van der Waals surface area contributed by atoms with Gasteiger partial charge in [0.05, 0.1) is 0 Å². The first-order valence-corrected chi connectivity index (χ1v) is 7.26. The second-order valence-electron chi connectivity index (χ2n) is 4.96. The third-order valence-corrected chi connectivity index (χ3v) is 4.45. The monoisotopic (exact) mass is 325 g/mol. The Balaban J connectivity index is 2.30. The number of hydrogen-bond acceptors (Lipinski definition) is 3. The van der Waals surface area contributed by atoms with Crippen LogP contribution in [0.25, 0.3) is 0 Å². The SMILES string of the molecule is CNCC1C(=O)N(C)CCN1c1ccc(C)c(Br)c1. The van der Waals surface area contributed by atoms with Crippen molar-refractivity contribution in [3.05, 3.63) is 28.2 Å². The molecule has 1 atom stereocenters. The van der Waals surface area contributed by atoms with Gasteiger partial charge in [0.25, 0.3) is 0 Å². The van der Waals surface area contributed by atoms with Crippen molar-refractivity contribution < 1.29 is 4.79 Å². The van der Waals surface area contributed by atoms with Crippen LogP contribution in [0, 0.1) is 6.92 Å². The highest BCUT2D eigenvalue weighted by Crippen LogP contribution is 2.26. The number of benzene rings is 1. The number of likely N-dealkylation sites (N-methyl/N-ethyl adjacent to an activating group) is 2. The zero-order chi connectivity index (χ0) is 14.0. The molecule has 0 aromatic heterocycles. The molecule has 1 N–H and O–H groups in total. The van der Waals surface area contributed by atoms with Gasteiger partial charge >= 0.3 is 0 Å². The molecule has 1 aromatic rings. The van der Waals surface area contributed by atoms with Gasteiger partial charge in [-0.1, -0.05) is 22.0 Å². The zero-order valence-electron chi connectivity index (χ0n) is 11.6. The zero-order valence-corrected chi connectivity index (χ0v) is 13.2. The predicted molar refractivity (Wildman–Crippen MR) is 81.6 cm³/mol. The molecule has 19 heavy (non-hydrogen) atoms. The Bertz CT molecular complexity index is 478. The lowest BCUT2D eigenvalue weighted by molar-refractivity contribution is -0.132. The third kappa shape index (κ3) is 2.92. The highest BCUT2D eigenvalue weighted by molar-refractivity contribution is 9.10. The van der Waals surface area contributed by atoms with Crippen LogP contribution in [0.15, 0.2) is 22.7 Å². The van der Waals surface area contributed by atoms with Crippen LogP contribution >= 0.6 is 15.9 Å². The second kappa shape index (κ2) is 5.92. The highest BCUT2D eigenvalue weighted by Gasteiger charge is 2.32. The Morgan fingerprint density at radius 2 is 2.16 bits per heavy atom. The summed E-state index contributed by atoms with van der Waals surface area (Å²) in [5, 5.41) is 3.11. The van der Waals surface area contributed by atoms with Gasteiger partial charge in [0.1, 0.15) is 6.04 Å². The van der Waals surface area contributed by atoms with Gasteiger partial charge < -0.3 is 15.1 Å². The van der Waals surface area contributed by atoms with Crippen LogP contribution in [0.5, 0.6) is 0 Å². The summed E-state index contributed by atoms with van der Waals surface area (Å²) in [7, 11) is 3.75. The summed E-state index contributed by atoms with van der Waals surface area (Å²) in [5.74, 6) is 0.178. The number of carbonyl (C=O) groups excluding carboxylic acids is 1. The Kier molecular flexibility index (Phi) is 4.47. The van der Waals surface area contributed by atoms with Crippen LogP contribution in [-0.4, -0.2) is 50.6 Å². The van der Waals surface area contributed by atoms with Crippen molar-refractivity contribution in [2.24, 2.45) is 0 Å². The van der Waals surface area contributed by atoms with Crippen molar-refractivity contribution in [2.75, 3.05) is 38.6 Å². The molecule has 1 fully saturated rings. The van der Waals surface area contributed by atoms with Gasteiger partial charge in [-0.2, -0.15) is 0 Å². The molecule has 1 aliphatic rings. The molecule has 5 heteroatoms. The van der Waals surface area contributed by atoms with E-state index in [-0.39, 0.29) is 11.9 Å². The molecule has 2 rings (SSSR count). The third-order valence-electron chi connectivity index (χ3n) is 3.60. The first kappa shape index (κ1) is 14.3. The number of aryl methyl sites for hydroxylation is 1. The van der Waals surface area contributed by atoms with E-state index in [9.17, 15) is 4.79 Å². The highest BCUT2D eigenvalue weighted by atomic mass is 79.9. The van der Waals surface area contributed by atoms with E-state index in [1.54, 1.807) is 0 Å². The number of halogens is 1. The lowest BCUT2D eigenvalue weighted by Gasteiger charge is -2.40. The van der Waals surface area contributed by atoms with Crippen LogP contribution in [0.1, 0.15) is 5.56 Å². The normalized spacial score (nSPS) is 20.0. The summed E-state index contributed by atoms with van der Waals surface area (Å²) in [6, 6.07) is 6.13. The number of anilines is 1. The topological polar surface area (TPSA) is 35.6 Å². The minimum Gasteiger partial charge on any atom is -0.357 e. The van der Waals surface area contributed by atoms with Crippen molar-refractivity contribution in [3.63, 3.8) is 0 Å². The lowest BCUT2D eigenvalue weighted by Crippen LogP contribution is -2.59. The van der Waals surface area contributed by atoms with Gasteiger partial charge in [0.2, 0.25) is 5.91 Å². The van der Waals surface area contributed by atoms with E-state index in [0.717, 1.165) is 23.2 Å². The molecule has 1 amide bonds. The van der Waals surface area contributed by atoms with Crippen LogP contribution in [0.3, 0.4) is 0 Å². The number of nitrogens with one attached hydrogen (secondary N) is 1. The number of amides is 1. The molecule has 0 radical (unpaired) electrons. The van der Waals surface area contributed by atoms with Crippen molar-refractivity contribution in [1.29, 1.82) is 0 Å². The fourth-order valence-corrected chi connectivity index (χ4v) is 2.74. The number of hydrogen-bond donors (Lipinski definition) is 1. The smallest absolute Gasteiger partial charge is 0.246 e. The van der Waals surface area contributed by atoms with Crippen molar-refractivity contribution >= 4 is 27.5 Å². The molecule has 0 spiro atoms. The van der Waals surface area contributed by atoms with Crippen LogP contribution < -0.4 is 10.2 Å². The van der Waals surface area contributed by atoms with E-state index >= 15 is 0 Å². The van der Waals surface area contributed by atoms with Gasteiger partial charge in [-0.25, -0.2) is 0 Å². The summed E-state index contributed by atoms with van der Waals surface area (Å²) >= 11 is 3.56. The summed E-state index contributed by atoms with van der Waals surface area (Å²) in [4.78, 5) is 16.3. The molecule has 1 aliphatic heterocycles. The number of nitrogens with zero attached hydrogens (tertiary/aromatic N) is 2. The largest absolute Gasteiger partial charge is 0.357 e. The molecule has 4 nitrogen and oxygen atoms in total. The first-order valence-electron chi connectivity index (χ1n) is 6.47. The molecule has 1 aromatic carbocycles. The molecule has 0 bridgehead atoms. The molecule has 0 saturated carbocycles. The molecule has 1 saturated heterocycles. The van der Waals surface area contributed by atoms with E-state index < -0.39 is 0 Å². The van der Waals surface area contributed by atoms with Crippen molar-refractivity contribution in [3.8, 4) is 0 Å². The van der Waals surface area contributed by atoms with E-state index in [1.807, 2.05) is 19.0 Å². The number of carbonyl (C=O) groups is 1. The number of rotatable bonds is 3. The maximum Gasteiger partial charge on any atom is 0.246 e. The van der Waals surface area contributed by atoms with E-state index in [0.29, 0.717) is 6.54 Å². The second-order valence-corrected chi connectivity index (χ2v) is 5.81. The predicted octanol–water partition coefficient (Wildman–Crippen LogP) is 1.62. The van der Waals surface area contributed by atoms with Gasteiger partial charge in [-0.15, -0.1) is 0 Å². The van der Waals surface area contributed by atoms with Crippen molar-refractivity contribution in [2.45, 2.75) is 13.0 Å². The molecule has 1 heterocycles. The summed E-state index contributed by atoms with van der Waals surface area (Å²) in [5.41, 5.74) is 2.30. The van der Waals surface area contributed by atoms with Crippen LogP contribution in [0.2, 0.25) is 0 Å². The minimum atomic E-state index is -0.127. The fourth-order valence-electron chi connectivity index (χ4n) is 2.37. The molecule has 0 aliphatic carbocycles. The van der Waals surface area contributed by atoms with Gasteiger partial charge in [0.15, 0.2) is 0 Å². The summed E-state index contributed by atoms with van der Waals surface area (Å²) in [6.45, 7) is 4.36. The molecule has 104 valence electrons. The first-order chi connectivity index (χ1) is 9.04.